The Morgan fingerprint density at radius 2 is 1.65 bits per heavy atom. The minimum atomic E-state index is -4.39. The van der Waals surface area contributed by atoms with Crippen molar-refractivity contribution in [2.45, 2.75) is 65.3 Å². The maximum Gasteiger partial charge on any atom is 0.389 e. The topological polar surface area (TPSA) is 55.4 Å². The quantitative estimate of drug-likeness (QED) is 0.794. The monoisotopic (exact) mass is 297 g/mol. The summed E-state index contributed by atoms with van der Waals surface area (Å²) < 4.78 is 41.2. The first kappa shape index (κ1) is 18.7. The smallest absolute Gasteiger partial charge is 0.389 e. The minimum absolute atomic E-state index is 0.278. The first-order chi connectivity index (χ1) is 8.82. The predicted octanol–water partition coefficient (Wildman–Crippen LogP) is 2.81. The van der Waals surface area contributed by atoms with E-state index in [0.717, 1.165) is 0 Å². The third-order valence-corrected chi connectivity index (χ3v) is 2.28. The normalized spacial score (nSPS) is 14.1. The molecule has 0 aliphatic heterocycles. The van der Waals surface area contributed by atoms with Crippen LogP contribution in [-0.2, 0) is 14.3 Å². The van der Waals surface area contributed by atoms with Gasteiger partial charge in [-0.15, -0.1) is 0 Å². The fourth-order valence-corrected chi connectivity index (χ4v) is 1.36. The second-order valence-electron chi connectivity index (χ2n) is 5.94. The van der Waals surface area contributed by atoms with Crippen molar-refractivity contribution in [2.75, 3.05) is 0 Å². The number of nitrogens with one attached hydrogen (secondary N) is 1. The van der Waals surface area contributed by atoms with Crippen molar-refractivity contribution in [3.05, 3.63) is 0 Å². The number of carbonyl (C=O) groups excluding carboxylic acids is 2. The first-order valence-corrected chi connectivity index (χ1v) is 6.41. The van der Waals surface area contributed by atoms with E-state index in [1.807, 2.05) is 0 Å². The van der Waals surface area contributed by atoms with E-state index >= 15 is 0 Å². The molecular weight excluding hydrogens is 275 g/mol. The van der Waals surface area contributed by atoms with E-state index in [1.54, 1.807) is 34.6 Å². The number of halogens is 3. The van der Waals surface area contributed by atoms with Crippen molar-refractivity contribution in [3.63, 3.8) is 0 Å². The predicted molar refractivity (Wildman–Crippen MR) is 67.9 cm³/mol. The molecule has 0 fully saturated rings. The maximum absolute atomic E-state index is 12.0. The molecule has 118 valence electrons. The Balaban J connectivity index is 4.56. The van der Waals surface area contributed by atoms with Crippen LogP contribution in [0.4, 0.5) is 13.2 Å². The van der Waals surface area contributed by atoms with E-state index in [-0.39, 0.29) is 5.92 Å². The molecule has 4 nitrogen and oxygen atoms in total. The lowest BCUT2D eigenvalue weighted by Crippen LogP contribution is -2.47. The Morgan fingerprint density at radius 1 is 1.15 bits per heavy atom. The molecule has 0 unspecified atom stereocenters. The molecule has 0 saturated carbocycles. The number of hydrogen-bond donors (Lipinski definition) is 1. The fraction of sp³-hybridized carbons (Fsp3) is 0.846. The zero-order valence-corrected chi connectivity index (χ0v) is 12.4. The van der Waals surface area contributed by atoms with Crippen LogP contribution in [0.5, 0.6) is 0 Å². The highest BCUT2D eigenvalue weighted by molar-refractivity contribution is 5.84. The second-order valence-corrected chi connectivity index (χ2v) is 5.94. The van der Waals surface area contributed by atoms with Gasteiger partial charge in [-0.3, -0.25) is 4.79 Å². The maximum atomic E-state index is 12.0. The van der Waals surface area contributed by atoms with Gasteiger partial charge in [-0.25, -0.2) is 4.79 Å². The van der Waals surface area contributed by atoms with E-state index in [0.29, 0.717) is 0 Å². The Labute approximate surface area is 117 Å². The molecule has 0 aromatic heterocycles. The lowest BCUT2D eigenvalue weighted by atomic mass is 10.0. The lowest BCUT2D eigenvalue weighted by molar-refractivity contribution is -0.160. The molecule has 0 spiro atoms. The van der Waals surface area contributed by atoms with Crippen LogP contribution in [0.25, 0.3) is 0 Å². The molecule has 0 aliphatic carbocycles. The van der Waals surface area contributed by atoms with Crippen molar-refractivity contribution < 1.29 is 27.5 Å². The zero-order valence-electron chi connectivity index (χ0n) is 12.4. The summed E-state index contributed by atoms with van der Waals surface area (Å²) in [4.78, 5) is 23.3. The van der Waals surface area contributed by atoms with Gasteiger partial charge >= 0.3 is 12.1 Å². The number of hydrogen-bond acceptors (Lipinski definition) is 3. The third-order valence-electron chi connectivity index (χ3n) is 2.28. The Bertz CT molecular complexity index is 346. The molecule has 0 bridgehead atoms. The largest absolute Gasteiger partial charge is 0.458 e. The molecule has 0 heterocycles. The van der Waals surface area contributed by atoms with Gasteiger partial charge in [0.1, 0.15) is 11.6 Å². The summed E-state index contributed by atoms with van der Waals surface area (Å²) in [6, 6.07) is -0.949. The average Bonchev–Trinajstić information content (AvgIpc) is 2.18. The van der Waals surface area contributed by atoms with Gasteiger partial charge in [0.2, 0.25) is 5.91 Å². The van der Waals surface area contributed by atoms with Gasteiger partial charge in [-0.1, -0.05) is 13.8 Å². The van der Waals surface area contributed by atoms with Crippen molar-refractivity contribution in [2.24, 2.45) is 5.92 Å². The van der Waals surface area contributed by atoms with Gasteiger partial charge in [0.15, 0.2) is 0 Å². The number of ether oxygens (including phenoxy) is 1. The van der Waals surface area contributed by atoms with E-state index in [2.05, 4.69) is 5.32 Å². The Morgan fingerprint density at radius 3 is 2.00 bits per heavy atom. The van der Waals surface area contributed by atoms with Crippen molar-refractivity contribution in [1.82, 2.24) is 5.32 Å². The summed E-state index contributed by atoms with van der Waals surface area (Å²) >= 11 is 0. The van der Waals surface area contributed by atoms with Crippen LogP contribution in [0.15, 0.2) is 0 Å². The molecule has 0 saturated heterocycles. The molecule has 1 amide bonds. The van der Waals surface area contributed by atoms with Crippen LogP contribution in [0, 0.1) is 5.92 Å². The lowest BCUT2D eigenvalue weighted by Gasteiger charge is -2.26. The zero-order chi connectivity index (χ0) is 16.1. The van der Waals surface area contributed by atoms with Gasteiger partial charge < -0.3 is 10.1 Å². The van der Waals surface area contributed by atoms with E-state index in [1.165, 1.54) is 0 Å². The molecule has 0 radical (unpaired) electrons. The van der Waals surface area contributed by atoms with Crippen LogP contribution in [0.3, 0.4) is 0 Å². The summed E-state index contributed by atoms with van der Waals surface area (Å²) in [6.45, 7) is 8.38. The van der Waals surface area contributed by atoms with E-state index < -0.39 is 42.5 Å². The van der Waals surface area contributed by atoms with Crippen molar-refractivity contribution in [3.8, 4) is 0 Å². The molecule has 1 N–H and O–H groups in total. The van der Waals surface area contributed by atoms with Crippen LogP contribution < -0.4 is 5.32 Å². The van der Waals surface area contributed by atoms with Gasteiger partial charge in [-0.2, -0.15) is 13.2 Å². The van der Waals surface area contributed by atoms with Crippen LogP contribution in [-0.4, -0.2) is 29.7 Å². The molecule has 0 aliphatic rings. The minimum Gasteiger partial charge on any atom is -0.458 e. The van der Waals surface area contributed by atoms with E-state index in [9.17, 15) is 22.8 Å². The van der Waals surface area contributed by atoms with Crippen LogP contribution in [0.2, 0.25) is 0 Å². The average molecular weight is 297 g/mol. The van der Waals surface area contributed by atoms with Gasteiger partial charge in [0.25, 0.3) is 0 Å². The summed E-state index contributed by atoms with van der Waals surface area (Å²) in [5, 5.41) is 2.30. The SMILES string of the molecule is CC(C)[C@@H](NC(=O)CCC(F)(F)F)C(=O)OC(C)(C)C. The van der Waals surface area contributed by atoms with Gasteiger partial charge in [0.05, 0.1) is 6.42 Å². The second kappa shape index (κ2) is 6.95. The molecule has 1 atom stereocenters. The highest BCUT2D eigenvalue weighted by atomic mass is 19.4. The van der Waals surface area contributed by atoms with Crippen molar-refractivity contribution >= 4 is 11.9 Å². The Hall–Kier alpha value is -1.27. The number of carbonyl (C=O) groups is 2. The third kappa shape index (κ3) is 8.77. The Kier molecular flexibility index (Phi) is 6.50. The first-order valence-electron chi connectivity index (χ1n) is 6.41. The highest BCUT2D eigenvalue weighted by Crippen LogP contribution is 2.21. The summed E-state index contributed by atoms with van der Waals surface area (Å²) in [7, 11) is 0. The molecular formula is C13H22F3NO3. The molecule has 7 heteroatoms. The van der Waals surface area contributed by atoms with Gasteiger partial charge in [-0.05, 0) is 26.7 Å². The summed E-state index contributed by atoms with van der Waals surface area (Å²) in [5.74, 6) is -1.74. The van der Waals surface area contributed by atoms with Crippen LogP contribution in [0.1, 0.15) is 47.5 Å². The molecule has 20 heavy (non-hydrogen) atoms. The standard InChI is InChI=1S/C13H22F3NO3/c1-8(2)10(11(19)20-12(3,4)5)17-9(18)6-7-13(14,15)16/h8,10H,6-7H2,1-5H3,(H,17,18)/t10-/m1/s1. The van der Waals surface area contributed by atoms with Gasteiger partial charge in [0, 0.05) is 6.42 Å². The molecule has 0 aromatic carbocycles. The van der Waals surface area contributed by atoms with Crippen molar-refractivity contribution in [1.29, 1.82) is 0 Å². The number of amides is 1. The summed E-state index contributed by atoms with van der Waals surface area (Å²) in [5.41, 5.74) is -0.721. The fourth-order valence-electron chi connectivity index (χ4n) is 1.36. The summed E-state index contributed by atoms with van der Waals surface area (Å²) in [6.07, 6.45) is -6.30. The highest BCUT2D eigenvalue weighted by Gasteiger charge is 2.31. The molecule has 0 aromatic rings. The van der Waals surface area contributed by atoms with E-state index in [4.69, 9.17) is 4.74 Å². The number of alkyl halides is 3. The number of esters is 1. The molecule has 0 rings (SSSR count). The number of rotatable bonds is 5. The van der Waals surface area contributed by atoms with Crippen LogP contribution >= 0.6 is 0 Å².